The van der Waals surface area contributed by atoms with E-state index in [0.717, 1.165) is 11.3 Å². The van der Waals surface area contributed by atoms with Gasteiger partial charge in [-0.1, -0.05) is 24.3 Å². The number of nitrogens with one attached hydrogen (secondary N) is 2. The van der Waals surface area contributed by atoms with Crippen LogP contribution in [0.5, 0.6) is 11.5 Å². The highest BCUT2D eigenvalue weighted by Crippen LogP contribution is 2.27. The summed E-state index contributed by atoms with van der Waals surface area (Å²) in [6, 6.07) is 17.4. The van der Waals surface area contributed by atoms with Crippen LogP contribution in [0, 0.1) is 11.3 Å². The summed E-state index contributed by atoms with van der Waals surface area (Å²) in [5.41, 5.74) is 8.25. The summed E-state index contributed by atoms with van der Waals surface area (Å²) >= 11 is 0. The molecule has 2 aromatic rings. The maximum Gasteiger partial charge on any atom is 0.174 e. The Bertz CT molecular complexity index is 609. The Hall–Kier alpha value is -2.71. The van der Waals surface area contributed by atoms with Crippen molar-refractivity contribution < 1.29 is 9.47 Å². The molecule has 2 N–H and O–H groups in total. The quantitative estimate of drug-likeness (QED) is 0.765. The van der Waals surface area contributed by atoms with Gasteiger partial charge in [0, 0.05) is 12.2 Å². The summed E-state index contributed by atoms with van der Waals surface area (Å²) in [4.78, 5) is 0. The molecule has 0 heterocycles. The van der Waals surface area contributed by atoms with Crippen molar-refractivity contribution >= 4 is 5.69 Å². The predicted octanol–water partition coefficient (Wildman–Crippen LogP) is 2.71. The highest BCUT2D eigenvalue weighted by molar-refractivity contribution is 5.44. The van der Waals surface area contributed by atoms with Crippen molar-refractivity contribution in [3.8, 4) is 17.6 Å². The van der Waals surface area contributed by atoms with Gasteiger partial charge in [0.25, 0.3) is 0 Å². The van der Waals surface area contributed by atoms with Crippen molar-refractivity contribution in [2.24, 2.45) is 0 Å². The lowest BCUT2D eigenvalue weighted by atomic mass is 10.2. The van der Waals surface area contributed by atoms with Crippen molar-refractivity contribution in [3.05, 3.63) is 54.1 Å². The Morgan fingerprint density at radius 1 is 1.10 bits per heavy atom. The number of methoxy groups -OCH3 is 1. The van der Waals surface area contributed by atoms with Crippen LogP contribution in [0.4, 0.5) is 5.69 Å². The van der Waals surface area contributed by atoms with Crippen LogP contribution in [-0.2, 0) is 6.54 Å². The first-order valence-electron chi connectivity index (χ1n) is 6.54. The smallest absolute Gasteiger partial charge is 0.174 e. The Balaban J connectivity index is 1.95. The molecule has 0 unspecified atom stereocenters. The minimum absolute atomic E-state index is 0.00446. The molecule has 5 heteroatoms. The van der Waals surface area contributed by atoms with Gasteiger partial charge < -0.3 is 14.9 Å². The minimum Gasteiger partial charge on any atom is -0.493 e. The molecule has 0 aromatic heterocycles. The number of nitriles is 1. The number of ether oxygens (including phenoxy) is 2. The molecule has 0 bridgehead atoms. The topological polar surface area (TPSA) is 66.3 Å². The maximum absolute atomic E-state index is 8.59. The highest BCUT2D eigenvalue weighted by Gasteiger charge is 2.05. The molecule has 108 valence electrons. The van der Waals surface area contributed by atoms with E-state index in [2.05, 4.69) is 10.9 Å². The van der Waals surface area contributed by atoms with Crippen LogP contribution in [-0.4, -0.2) is 13.7 Å². The maximum atomic E-state index is 8.59. The van der Waals surface area contributed by atoms with E-state index in [9.17, 15) is 0 Å². The molecule has 0 saturated heterocycles. The molecule has 0 aliphatic rings. The van der Waals surface area contributed by atoms with E-state index >= 15 is 0 Å². The third-order valence-electron chi connectivity index (χ3n) is 2.82. The van der Waals surface area contributed by atoms with Crippen molar-refractivity contribution in [1.29, 1.82) is 5.26 Å². The lowest BCUT2D eigenvalue weighted by Crippen LogP contribution is -2.20. The van der Waals surface area contributed by atoms with Crippen LogP contribution in [0.15, 0.2) is 48.5 Å². The molecular weight excluding hydrogens is 266 g/mol. The zero-order valence-corrected chi connectivity index (χ0v) is 11.8. The second-order valence-electron chi connectivity index (χ2n) is 4.28. The average molecular weight is 283 g/mol. The molecule has 0 saturated carbocycles. The van der Waals surface area contributed by atoms with Crippen molar-refractivity contribution in [3.63, 3.8) is 0 Å². The largest absolute Gasteiger partial charge is 0.493 e. The molecule has 0 spiro atoms. The number of rotatable bonds is 7. The first-order valence-corrected chi connectivity index (χ1v) is 6.54. The van der Waals surface area contributed by atoms with Gasteiger partial charge in [-0.3, -0.25) is 0 Å². The van der Waals surface area contributed by atoms with E-state index in [1.54, 1.807) is 7.11 Å². The third kappa shape index (κ3) is 4.41. The number of nitrogens with zero attached hydrogens (tertiary/aromatic N) is 1. The molecule has 0 aliphatic carbocycles. The molecule has 0 atom stereocenters. The van der Waals surface area contributed by atoms with Crippen LogP contribution in [0.1, 0.15) is 5.56 Å². The zero-order valence-electron chi connectivity index (χ0n) is 11.8. The van der Waals surface area contributed by atoms with Gasteiger partial charge in [-0.25, -0.2) is 5.43 Å². The first-order chi connectivity index (χ1) is 10.3. The fourth-order valence-corrected chi connectivity index (χ4v) is 1.82. The van der Waals surface area contributed by atoms with Crippen LogP contribution in [0.2, 0.25) is 0 Å². The number of benzene rings is 2. The Labute approximate surface area is 124 Å². The fraction of sp³-hybridized carbons (Fsp3) is 0.188. The van der Waals surface area contributed by atoms with Gasteiger partial charge in [0.1, 0.15) is 6.07 Å². The van der Waals surface area contributed by atoms with E-state index in [0.29, 0.717) is 18.0 Å². The van der Waals surface area contributed by atoms with Gasteiger partial charge >= 0.3 is 0 Å². The third-order valence-corrected chi connectivity index (χ3v) is 2.82. The fourth-order valence-electron chi connectivity index (χ4n) is 1.82. The lowest BCUT2D eigenvalue weighted by molar-refractivity contribution is 0.329. The average Bonchev–Trinajstić information content (AvgIpc) is 2.54. The van der Waals surface area contributed by atoms with Gasteiger partial charge in [0.05, 0.1) is 7.11 Å². The monoisotopic (exact) mass is 283 g/mol. The summed E-state index contributed by atoms with van der Waals surface area (Å²) in [6.07, 6.45) is 0. The van der Waals surface area contributed by atoms with Crippen LogP contribution >= 0.6 is 0 Å². The van der Waals surface area contributed by atoms with Crippen molar-refractivity contribution in [2.75, 3.05) is 19.1 Å². The van der Waals surface area contributed by atoms with Crippen molar-refractivity contribution in [1.82, 2.24) is 5.43 Å². The van der Waals surface area contributed by atoms with Crippen molar-refractivity contribution in [2.45, 2.75) is 6.54 Å². The molecule has 0 aliphatic heterocycles. The molecule has 0 amide bonds. The van der Waals surface area contributed by atoms with E-state index in [4.69, 9.17) is 14.7 Å². The number of anilines is 1. The standard InChI is InChI=1S/C16H17N3O2/c1-20-15-8-7-13(11-16(15)21-10-9-17)12-18-19-14-5-3-2-4-6-14/h2-8,11,18-19H,10,12H2,1H3. The predicted molar refractivity (Wildman–Crippen MR) is 81.0 cm³/mol. The van der Waals surface area contributed by atoms with Gasteiger partial charge in [0.15, 0.2) is 18.1 Å². The molecular formula is C16H17N3O2. The second kappa shape index (κ2) is 7.78. The number of hydrogen-bond acceptors (Lipinski definition) is 5. The van der Waals surface area contributed by atoms with Crippen LogP contribution < -0.4 is 20.3 Å². The molecule has 5 nitrogen and oxygen atoms in total. The van der Waals surface area contributed by atoms with Crippen LogP contribution in [0.3, 0.4) is 0 Å². The zero-order chi connectivity index (χ0) is 14.9. The number of para-hydroxylation sites is 1. The molecule has 21 heavy (non-hydrogen) atoms. The summed E-state index contributed by atoms with van der Waals surface area (Å²) in [5.74, 6) is 1.18. The number of hydrogen-bond donors (Lipinski definition) is 2. The highest BCUT2D eigenvalue weighted by atomic mass is 16.5. The van der Waals surface area contributed by atoms with Gasteiger partial charge in [0.2, 0.25) is 0 Å². The van der Waals surface area contributed by atoms with E-state index < -0.39 is 0 Å². The summed E-state index contributed by atoms with van der Waals surface area (Å²) < 4.78 is 10.5. The van der Waals surface area contributed by atoms with E-state index in [1.165, 1.54) is 0 Å². The number of hydrazine groups is 1. The lowest BCUT2D eigenvalue weighted by Gasteiger charge is -2.12. The van der Waals surface area contributed by atoms with Gasteiger partial charge in [-0.15, -0.1) is 0 Å². The summed E-state index contributed by atoms with van der Waals surface area (Å²) in [5, 5.41) is 8.59. The van der Waals surface area contributed by atoms with Gasteiger partial charge in [-0.2, -0.15) is 5.26 Å². The van der Waals surface area contributed by atoms with E-state index in [-0.39, 0.29) is 6.61 Å². The second-order valence-corrected chi connectivity index (χ2v) is 4.28. The Morgan fingerprint density at radius 3 is 2.62 bits per heavy atom. The molecule has 2 rings (SSSR count). The minimum atomic E-state index is -0.00446. The summed E-state index contributed by atoms with van der Waals surface area (Å²) in [7, 11) is 1.57. The SMILES string of the molecule is COc1ccc(CNNc2ccccc2)cc1OCC#N. The summed E-state index contributed by atoms with van der Waals surface area (Å²) in [6.45, 7) is 0.608. The molecule has 2 aromatic carbocycles. The van der Waals surface area contributed by atoms with Gasteiger partial charge in [-0.05, 0) is 29.8 Å². The Kier molecular flexibility index (Phi) is 5.44. The molecule has 0 fully saturated rings. The van der Waals surface area contributed by atoms with E-state index in [1.807, 2.05) is 54.6 Å². The van der Waals surface area contributed by atoms with Crippen LogP contribution in [0.25, 0.3) is 0 Å². The Morgan fingerprint density at radius 2 is 1.90 bits per heavy atom. The first kappa shape index (κ1) is 14.7. The molecule has 0 radical (unpaired) electrons. The normalized spacial score (nSPS) is 9.71.